The third kappa shape index (κ3) is 4.01. The molecule has 14 heteroatoms. The van der Waals surface area contributed by atoms with Crippen molar-refractivity contribution in [3.63, 3.8) is 0 Å². The Labute approximate surface area is 178 Å². The van der Waals surface area contributed by atoms with Crippen molar-refractivity contribution in [3.8, 4) is 6.07 Å². The van der Waals surface area contributed by atoms with E-state index < -0.39 is 40.9 Å². The first kappa shape index (κ1) is 21.6. The molecule has 0 aliphatic heterocycles. The summed E-state index contributed by atoms with van der Waals surface area (Å²) in [4.78, 5) is 15.5. The minimum atomic E-state index is -4.74. The quantitative estimate of drug-likeness (QED) is 0.506. The molecule has 2 atom stereocenters. The number of nitriles is 1. The van der Waals surface area contributed by atoms with Gasteiger partial charge >= 0.3 is 12.4 Å². The first-order valence-corrected chi connectivity index (χ1v) is 9.89. The molecule has 3 aromatic heterocycles. The molecule has 0 radical (unpaired) electrons. The summed E-state index contributed by atoms with van der Waals surface area (Å²) in [6.45, 7) is -0.435. The minimum absolute atomic E-state index is 0.0684. The van der Waals surface area contributed by atoms with E-state index in [2.05, 4.69) is 10.1 Å². The van der Waals surface area contributed by atoms with Gasteiger partial charge in [-0.3, -0.25) is 9.20 Å². The Bertz CT molecular complexity index is 1270. The molecule has 3 heterocycles. The van der Waals surface area contributed by atoms with Gasteiger partial charge in [0.2, 0.25) is 0 Å². The topological polar surface area (TPSA) is 76.0 Å². The third-order valence-electron chi connectivity index (χ3n) is 4.83. The molecule has 1 saturated carbocycles. The Hall–Kier alpha value is -2.59. The maximum atomic E-state index is 13.6. The molecule has 1 aliphatic carbocycles. The van der Waals surface area contributed by atoms with Gasteiger partial charge in [-0.05, 0) is 12.3 Å². The molecule has 0 N–H and O–H groups in total. The number of aromatic nitrogens is 4. The van der Waals surface area contributed by atoms with Gasteiger partial charge in [-0.2, -0.15) is 36.7 Å². The zero-order chi connectivity index (χ0) is 22.7. The lowest BCUT2D eigenvalue weighted by atomic mass is 10.2. The number of thiazole rings is 1. The Morgan fingerprint density at radius 1 is 1.23 bits per heavy atom. The molecular formula is C17H10ClF6N5OS. The van der Waals surface area contributed by atoms with Gasteiger partial charge in [0, 0.05) is 24.5 Å². The molecule has 31 heavy (non-hydrogen) atoms. The van der Waals surface area contributed by atoms with E-state index in [0.29, 0.717) is 12.5 Å². The summed E-state index contributed by atoms with van der Waals surface area (Å²) in [5.74, 6) is -0.871. The zero-order valence-electron chi connectivity index (χ0n) is 15.1. The van der Waals surface area contributed by atoms with Crippen LogP contribution in [-0.4, -0.2) is 19.2 Å². The van der Waals surface area contributed by atoms with E-state index in [1.807, 2.05) is 6.07 Å². The van der Waals surface area contributed by atoms with E-state index in [1.165, 1.54) is 0 Å². The van der Waals surface area contributed by atoms with Crippen LogP contribution in [0.15, 0.2) is 16.9 Å². The van der Waals surface area contributed by atoms with Crippen LogP contribution >= 0.6 is 22.9 Å². The van der Waals surface area contributed by atoms with Crippen molar-refractivity contribution in [2.75, 3.05) is 0 Å². The standard InChI is InChI=1S/C17H10ClF6N5OS/c18-11-5-10(16(19,20)21)27-28(11)6-8-4-12(30)29-13(9-3-7(9)1-2-25)14(17(22,23)24)31-15(29)26-8/h4-5,7,9H,1,3,6H2. The van der Waals surface area contributed by atoms with E-state index in [0.717, 1.165) is 15.1 Å². The number of hydrogen-bond acceptors (Lipinski definition) is 5. The molecule has 0 amide bonds. The predicted molar refractivity (Wildman–Crippen MR) is 96.8 cm³/mol. The summed E-state index contributed by atoms with van der Waals surface area (Å²) < 4.78 is 80.8. The largest absolute Gasteiger partial charge is 0.435 e. The fraction of sp³-hybridized carbons (Fsp3) is 0.412. The van der Waals surface area contributed by atoms with Gasteiger partial charge in [-0.1, -0.05) is 22.9 Å². The highest BCUT2D eigenvalue weighted by atomic mass is 35.5. The summed E-state index contributed by atoms with van der Waals surface area (Å²) in [5, 5.41) is 11.8. The van der Waals surface area contributed by atoms with Gasteiger partial charge in [0.05, 0.1) is 24.0 Å². The summed E-state index contributed by atoms with van der Waals surface area (Å²) in [6.07, 6.45) is -9.05. The van der Waals surface area contributed by atoms with E-state index >= 15 is 0 Å². The second-order valence-corrected chi connectivity index (χ2v) is 8.35. The van der Waals surface area contributed by atoms with Crippen molar-refractivity contribution in [1.82, 2.24) is 19.2 Å². The lowest BCUT2D eigenvalue weighted by Crippen LogP contribution is -2.19. The second kappa shape index (κ2) is 7.23. The smallest absolute Gasteiger partial charge is 0.269 e. The highest BCUT2D eigenvalue weighted by Crippen LogP contribution is 2.54. The van der Waals surface area contributed by atoms with Crippen LogP contribution in [0.5, 0.6) is 0 Å². The molecule has 0 spiro atoms. The van der Waals surface area contributed by atoms with Crippen LogP contribution in [0.1, 0.15) is 40.7 Å². The summed E-state index contributed by atoms with van der Waals surface area (Å²) in [5.41, 5.74) is -2.36. The van der Waals surface area contributed by atoms with Crippen molar-refractivity contribution >= 4 is 27.9 Å². The minimum Gasteiger partial charge on any atom is -0.269 e. The summed E-state index contributed by atoms with van der Waals surface area (Å²) in [6, 6.07) is 3.45. The first-order chi connectivity index (χ1) is 14.4. The average molecular weight is 482 g/mol. The van der Waals surface area contributed by atoms with Crippen molar-refractivity contribution in [2.45, 2.75) is 37.7 Å². The number of nitrogens with zero attached hydrogens (tertiary/aromatic N) is 5. The molecule has 2 unspecified atom stereocenters. The fourth-order valence-electron chi connectivity index (χ4n) is 3.38. The Morgan fingerprint density at radius 2 is 1.94 bits per heavy atom. The maximum absolute atomic E-state index is 13.6. The lowest BCUT2D eigenvalue weighted by Gasteiger charge is -2.08. The van der Waals surface area contributed by atoms with Gasteiger partial charge in [-0.15, -0.1) is 0 Å². The molecule has 1 fully saturated rings. The van der Waals surface area contributed by atoms with Gasteiger partial charge in [0.15, 0.2) is 10.7 Å². The third-order valence-corrected chi connectivity index (χ3v) is 6.23. The van der Waals surface area contributed by atoms with Gasteiger partial charge in [0.1, 0.15) is 10.0 Å². The normalized spacial score (nSPS) is 19.0. The lowest BCUT2D eigenvalue weighted by molar-refractivity contribution is -0.141. The second-order valence-electron chi connectivity index (χ2n) is 6.99. The summed E-state index contributed by atoms with van der Waals surface area (Å²) >= 11 is 6.03. The molecule has 1 aliphatic rings. The molecule has 164 valence electrons. The van der Waals surface area contributed by atoms with E-state index in [4.69, 9.17) is 16.9 Å². The highest BCUT2D eigenvalue weighted by Gasteiger charge is 2.47. The Balaban J connectivity index is 1.77. The molecular weight excluding hydrogens is 472 g/mol. The number of halogens is 7. The molecule has 4 rings (SSSR count). The van der Waals surface area contributed by atoms with Crippen LogP contribution in [0.25, 0.3) is 4.96 Å². The summed E-state index contributed by atoms with van der Waals surface area (Å²) in [7, 11) is 0. The number of rotatable bonds is 4. The SMILES string of the molecule is N#CCC1CC1c1c(C(F)(F)F)sc2nc(Cn3nc(C(F)(F)F)cc3Cl)cc(=O)n12. The van der Waals surface area contributed by atoms with Gasteiger partial charge < -0.3 is 0 Å². The molecule has 0 aromatic carbocycles. The number of fused-ring (bicyclic) bond motifs is 1. The van der Waals surface area contributed by atoms with Gasteiger partial charge in [0.25, 0.3) is 5.56 Å². The van der Waals surface area contributed by atoms with Crippen molar-refractivity contribution in [1.29, 1.82) is 5.26 Å². The van der Waals surface area contributed by atoms with Crippen molar-refractivity contribution in [3.05, 3.63) is 49.6 Å². The molecule has 0 bridgehead atoms. The Kier molecular flexibility index (Phi) is 5.05. The van der Waals surface area contributed by atoms with E-state index in [-0.39, 0.29) is 45.2 Å². The van der Waals surface area contributed by atoms with Crippen LogP contribution in [0, 0.1) is 17.2 Å². The Morgan fingerprint density at radius 3 is 2.52 bits per heavy atom. The number of hydrogen-bond donors (Lipinski definition) is 0. The maximum Gasteiger partial charge on any atom is 0.435 e. The van der Waals surface area contributed by atoms with Crippen LogP contribution in [-0.2, 0) is 18.9 Å². The zero-order valence-corrected chi connectivity index (χ0v) is 16.7. The highest BCUT2D eigenvalue weighted by molar-refractivity contribution is 7.17. The van der Waals surface area contributed by atoms with E-state index in [9.17, 15) is 31.1 Å². The predicted octanol–water partition coefficient (Wildman–Crippen LogP) is 4.71. The van der Waals surface area contributed by atoms with Crippen LogP contribution < -0.4 is 5.56 Å². The van der Waals surface area contributed by atoms with Crippen LogP contribution in [0.3, 0.4) is 0 Å². The van der Waals surface area contributed by atoms with Crippen molar-refractivity contribution in [2.24, 2.45) is 5.92 Å². The average Bonchev–Trinajstić information content (AvgIpc) is 3.10. The van der Waals surface area contributed by atoms with Gasteiger partial charge in [-0.25, -0.2) is 9.67 Å². The molecule has 0 saturated heterocycles. The van der Waals surface area contributed by atoms with Crippen LogP contribution in [0.2, 0.25) is 5.15 Å². The van der Waals surface area contributed by atoms with Crippen LogP contribution in [0.4, 0.5) is 26.3 Å². The van der Waals surface area contributed by atoms with E-state index in [1.54, 1.807) is 0 Å². The number of alkyl halides is 6. The monoisotopic (exact) mass is 481 g/mol. The molecule has 6 nitrogen and oxygen atoms in total. The first-order valence-electron chi connectivity index (χ1n) is 8.70. The fourth-order valence-corrected chi connectivity index (χ4v) is 4.67. The van der Waals surface area contributed by atoms with Crippen molar-refractivity contribution < 1.29 is 26.3 Å². The molecule has 3 aromatic rings.